The molecular formula is C18H17ClN2O3. The number of carbonyl (C=O) groups excluding carboxylic acids is 2. The molecule has 2 aromatic carbocycles. The van der Waals surface area contributed by atoms with Crippen molar-refractivity contribution in [2.45, 2.75) is 12.5 Å². The fraction of sp³-hybridized carbons (Fsp3) is 0.222. The van der Waals surface area contributed by atoms with Crippen LogP contribution in [0.15, 0.2) is 48.5 Å². The number of likely N-dealkylation sites (N-methyl/N-ethyl adjacent to an activating group) is 1. The lowest BCUT2D eigenvalue weighted by Gasteiger charge is -2.24. The van der Waals surface area contributed by atoms with Crippen LogP contribution < -0.4 is 15.0 Å². The van der Waals surface area contributed by atoms with Crippen LogP contribution in [0.25, 0.3) is 0 Å². The minimum Gasteiger partial charge on any atom is -0.484 e. The summed E-state index contributed by atoms with van der Waals surface area (Å²) in [5, 5.41) is 3.22. The molecule has 1 heterocycles. The first-order valence-corrected chi connectivity index (χ1v) is 7.98. The number of hydrogen-bond donors (Lipinski definition) is 1. The standard InChI is InChI=1S/C18H17ClN2O3/c1-20-18(23)16-10-12-4-2-3-5-15(12)21(16)17(22)11-24-14-8-6-13(19)7-9-14/h2-9,16H,10-11H2,1H3,(H,20,23)/t16-/m1/s1. The minimum absolute atomic E-state index is 0.149. The van der Waals surface area contributed by atoms with Gasteiger partial charge in [-0.3, -0.25) is 14.5 Å². The van der Waals surface area contributed by atoms with E-state index >= 15 is 0 Å². The van der Waals surface area contributed by atoms with Gasteiger partial charge in [-0.05, 0) is 35.9 Å². The van der Waals surface area contributed by atoms with E-state index in [2.05, 4.69) is 5.32 Å². The largest absolute Gasteiger partial charge is 0.484 e. The number of halogens is 1. The van der Waals surface area contributed by atoms with Crippen molar-refractivity contribution in [2.75, 3.05) is 18.6 Å². The van der Waals surface area contributed by atoms with Crippen LogP contribution >= 0.6 is 11.6 Å². The molecule has 0 aliphatic carbocycles. The van der Waals surface area contributed by atoms with Gasteiger partial charge in [-0.15, -0.1) is 0 Å². The number of rotatable bonds is 4. The number of amides is 2. The van der Waals surface area contributed by atoms with Crippen molar-refractivity contribution in [2.24, 2.45) is 0 Å². The molecule has 124 valence electrons. The first kappa shape index (κ1) is 16.3. The van der Waals surface area contributed by atoms with E-state index in [1.807, 2.05) is 24.3 Å². The smallest absolute Gasteiger partial charge is 0.265 e. The van der Waals surface area contributed by atoms with E-state index in [0.29, 0.717) is 17.2 Å². The van der Waals surface area contributed by atoms with E-state index in [0.717, 1.165) is 11.3 Å². The minimum atomic E-state index is -0.547. The molecule has 2 amide bonds. The van der Waals surface area contributed by atoms with Gasteiger partial charge in [0.2, 0.25) is 5.91 Å². The molecule has 1 atom stereocenters. The van der Waals surface area contributed by atoms with Crippen LogP contribution in [-0.4, -0.2) is 31.5 Å². The van der Waals surface area contributed by atoms with E-state index in [-0.39, 0.29) is 18.4 Å². The third-order valence-corrected chi connectivity index (χ3v) is 4.22. The van der Waals surface area contributed by atoms with Gasteiger partial charge in [-0.1, -0.05) is 29.8 Å². The SMILES string of the molecule is CNC(=O)[C@H]1Cc2ccccc2N1C(=O)COc1ccc(Cl)cc1. The molecule has 24 heavy (non-hydrogen) atoms. The molecule has 2 aromatic rings. The van der Waals surface area contributed by atoms with Gasteiger partial charge in [0.25, 0.3) is 5.91 Å². The summed E-state index contributed by atoms with van der Waals surface area (Å²) >= 11 is 5.83. The van der Waals surface area contributed by atoms with Crippen LogP contribution in [0.5, 0.6) is 5.75 Å². The Morgan fingerprint density at radius 3 is 2.62 bits per heavy atom. The summed E-state index contributed by atoms with van der Waals surface area (Å²) < 4.78 is 5.53. The molecule has 0 radical (unpaired) electrons. The highest BCUT2D eigenvalue weighted by Gasteiger charge is 2.37. The lowest BCUT2D eigenvalue weighted by Crippen LogP contribution is -2.48. The van der Waals surface area contributed by atoms with Crippen molar-refractivity contribution in [3.63, 3.8) is 0 Å². The Morgan fingerprint density at radius 2 is 1.92 bits per heavy atom. The fourth-order valence-corrected chi connectivity index (χ4v) is 2.94. The highest BCUT2D eigenvalue weighted by molar-refractivity contribution is 6.30. The van der Waals surface area contributed by atoms with Crippen molar-refractivity contribution in [3.05, 3.63) is 59.1 Å². The van der Waals surface area contributed by atoms with Crippen molar-refractivity contribution in [3.8, 4) is 5.75 Å². The molecular weight excluding hydrogens is 328 g/mol. The number of ether oxygens (including phenoxy) is 1. The molecule has 1 N–H and O–H groups in total. The third-order valence-electron chi connectivity index (χ3n) is 3.97. The first-order chi connectivity index (χ1) is 11.6. The summed E-state index contributed by atoms with van der Waals surface area (Å²) in [6, 6.07) is 13.8. The average Bonchev–Trinajstić information content (AvgIpc) is 3.00. The van der Waals surface area contributed by atoms with Crippen LogP contribution in [0, 0.1) is 0 Å². The number of para-hydroxylation sites is 1. The maximum atomic E-state index is 12.7. The number of nitrogens with zero attached hydrogens (tertiary/aromatic N) is 1. The Kier molecular flexibility index (Phi) is 4.71. The third kappa shape index (κ3) is 3.21. The lowest BCUT2D eigenvalue weighted by atomic mass is 10.1. The van der Waals surface area contributed by atoms with Gasteiger partial charge in [-0.2, -0.15) is 0 Å². The molecule has 0 spiro atoms. The molecule has 0 aromatic heterocycles. The van der Waals surface area contributed by atoms with Gasteiger partial charge in [0, 0.05) is 24.2 Å². The molecule has 0 unspecified atom stereocenters. The molecule has 6 heteroatoms. The van der Waals surface area contributed by atoms with E-state index in [1.165, 1.54) is 4.90 Å². The fourth-order valence-electron chi connectivity index (χ4n) is 2.82. The highest BCUT2D eigenvalue weighted by atomic mass is 35.5. The topological polar surface area (TPSA) is 58.6 Å². The van der Waals surface area contributed by atoms with E-state index in [4.69, 9.17) is 16.3 Å². The Bertz CT molecular complexity index is 761. The van der Waals surface area contributed by atoms with Crippen LogP contribution in [0.4, 0.5) is 5.69 Å². The molecule has 3 rings (SSSR count). The Balaban J connectivity index is 1.77. The second kappa shape index (κ2) is 6.93. The van der Waals surface area contributed by atoms with Crippen LogP contribution in [0.2, 0.25) is 5.02 Å². The molecule has 5 nitrogen and oxygen atoms in total. The normalized spacial score (nSPS) is 15.8. The number of hydrogen-bond acceptors (Lipinski definition) is 3. The quantitative estimate of drug-likeness (QED) is 0.926. The van der Waals surface area contributed by atoms with E-state index in [1.54, 1.807) is 31.3 Å². The van der Waals surface area contributed by atoms with Gasteiger partial charge < -0.3 is 10.1 Å². The maximum Gasteiger partial charge on any atom is 0.265 e. The molecule has 1 aliphatic rings. The van der Waals surface area contributed by atoms with E-state index < -0.39 is 6.04 Å². The van der Waals surface area contributed by atoms with Gasteiger partial charge in [-0.25, -0.2) is 0 Å². The Hall–Kier alpha value is -2.53. The summed E-state index contributed by atoms with van der Waals surface area (Å²) in [6.07, 6.45) is 0.503. The highest BCUT2D eigenvalue weighted by Crippen LogP contribution is 2.32. The van der Waals surface area contributed by atoms with Gasteiger partial charge in [0.1, 0.15) is 11.8 Å². The second-order valence-electron chi connectivity index (χ2n) is 5.47. The van der Waals surface area contributed by atoms with Crippen LogP contribution in [0.1, 0.15) is 5.56 Å². The first-order valence-electron chi connectivity index (χ1n) is 7.60. The van der Waals surface area contributed by atoms with Gasteiger partial charge >= 0.3 is 0 Å². The van der Waals surface area contributed by atoms with Crippen LogP contribution in [0.3, 0.4) is 0 Å². The van der Waals surface area contributed by atoms with E-state index in [9.17, 15) is 9.59 Å². The monoisotopic (exact) mass is 344 g/mol. The predicted molar refractivity (Wildman–Crippen MR) is 92.4 cm³/mol. The Labute approximate surface area is 145 Å². The van der Waals surface area contributed by atoms with Gasteiger partial charge in [0.15, 0.2) is 6.61 Å². The zero-order valence-electron chi connectivity index (χ0n) is 13.2. The summed E-state index contributed by atoms with van der Waals surface area (Å²) in [7, 11) is 1.57. The summed E-state index contributed by atoms with van der Waals surface area (Å²) in [6.45, 7) is -0.149. The summed E-state index contributed by atoms with van der Waals surface area (Å²) in [5.74, 6) is 0.103. The van der Waals surface area contributed by atoms with Gasteiger partial charge in [0.05, 0.1) is 0 Å². The zero-order chi connectivity index (χ0) is 17.1. The molecule has 1 aliphatic heterocycles. The number of carbonyl (C=O) groups is 2. The maximum absolute atomic E-state index is 12.7. The van der Waals surface area contributed by atoms with Crippen molar-refractivity contribution in [1.29, 1.82) is 0 Å². The number of benzene rings is 2. The summed E-state index contributed by atoms with van der Waals surface area (Å²) in [5.41, 5.74) is 1.74. The number of fused-ring (bicyclic) bond motifs is 1. The van der Waals surface area contributed by atoms with Crippen LogP contribution in [-0.2, 0) is 16.0 Å². The predicted octanol–water partition coefficient (Wildman–Crippen LogP) is 2.42. The van der Waals surface area contributed by atoms with Crippen molar-refractivity contribution >= 4 is 29.1 Å². The van der Waals surface area contributed by atoms with Crippen molar-refractivity contribution in [1.82, 2.24) is 5.32 Å². The lowest BCUT2D eigenvalue weighted by molar-refractivity contribution is -0.126. The zero-order valence-corrected chi connectivity index (χ0v) is 13.9. The second-order valence-corrected chi connectivity index (χ2v) is 5.91. The Morgan fingerprint density at radius 1 is 1.21 bits per heavy atom. The van der Waals surface area contributed by atoms with Crippen molar-refractivity contribution < 1.29 is 14.3 Å². The molecule has 0 saturated carbocycles. The molecule has 0 saturated heterocycles. The molecule has 0 fully saturated rings. The number of nitrogens with one attached hydrogen (secondary N) is 1. The molecule has 0 bridgehead atoms. The summed E-state index contributed by atoms with van der Waals surface area (Å²) in [4.78, 5) is 26.3. The average molecular weight is 345 g/mol. The number of anilines is 1.